The Hall–Kier alpha value is -3.58. The summed E-state index contributed by atoms with van der Waals surface area (Å²) in [5.41, 5.74) is -0.359. The lowest BCUT2D eigenvalue weighted by molar-refractivity contribution is 0.341. The maximum absolute atomic E-state index is 13.8. The molecule has 13 heteroatoms. The molecule has 0 aliphatic heterocycles. The third kappa shape index (κ3) is 6.15. The average molecular weight is 543 g/mol. The number of benzene rings is 3. The van der Waals surface area contributed by atoms with Gasteiger partial charge in [-0.15, -0.1) is 0 Å². The van der Waals surface area contributed by atoms with Crippen molar-refractivity contribution in [1.29, 1.82) is 0 Å². The Morgan fingerprint density at radius 3 is 1.64 bits per heavy atom. The van der Waals surface area contributed by atoms with Gasteiger partial charge in [0.1, 0.15) is 33.8 Å². The minimum absolute atomic E-state index is 0.0708. The minimum Gasteiger partial charge on any atom is -0.495 e. The highest BCUT2D eigenvalue weighted by molar-refractivity contribution is 7.93. The summed E-state index contributed by atoms with van der Waals surface area (Å²) in [6, 6.07) is 9.72. The molecule has 3 rings (SSSR count). The third-order valence-electron chi connectivity index (χ3n) is 4.71. The van der Waals surface area contributed by atoms with Gasteiger partial charge in [0, 0.05) is 12.1 Å². The van der Waals surface area contributed by atoms with Crippen molar-refractivity contribution >= 4 is 31.4 Å². The molecule has 9 nitrogen and oxygen atoms in total. The number of hydrogen-bond acceptors (Lipinski definition) is 7. The van der Waals surface area contributed by atoms with Crippen LogP contribution in [0.15, 0.2) is 64.4 Å². The van der Waals surface area contributed by atoms with Crippen molar-refractivity contribution in [2.75, 3.05) is 29.8 Å². The maximum atomic E-state index is 13.8. The van der Waals surface area contributed by atoms with E-state index >= 15 is 0 Å². The highest BCUT2D eigenvalue weighted by Gasteiger charge is 2.26. The van der Waals surface area contributed by atoms with Crippen molar-refractivity contribution in [3.8, 4) is 17.2 Å². The number of sulfonamides is 2. The van der Waals surface area contributed by atoms with Gasteiger partial charge in [0.15, 0.2) is 0 Å². The second-order valence-electron chi connectivity index (χ2n) is 7.17. The molecule has 0 saturated heterocycles. The molecular weight excluding hydrogens is 518 g/mol. The van der Waals surface area contributed by atoms with Crippen LogP contribution in [0.5, 0.6) is 17.2 Å². The second kappa shape index (κ2) is 11.0. The van der Waals surface area contributed by atoms with Crippen molar-refractivity contribution < 1.29 is 39.8 Å². The van der Waals surface area contributed by atoms with E-state index in [-0.39, 0.29) is 41.8 Å². The largest absolute Gasteiger partial charge is 0.495 e. The monoisotopic (exact) mass is 542 g/mol. The van der Waals surface area contributed by atoms with Gasteiger partial charge in [0.2, 0.25) is 0 Å². The summed E-state index contributed by atoms with van der Waals surface area (Å²) < 4.78 is 100. The number of ether oxygens (including phenoxy) is 3. The number of hydrogen-bond donors (Lipinski definition) is 2. The molecule has 3 aromatic carbocycles. The van der Waals surface area contributed by atoms with Gasteiger partial charge < -0.3 is 14.2 Å². The maximum Gasteiger partial charge on any atom is 0.265 e. The number of methoxy groups -OCH3 is 1. The normalized spacial score (nSPS) is 11.6. The molecule has 0 bridgehead atoms. The summed E-state index contributed by atoms with van der Waals surface area (Å²) in [5.74, 6) is -1.44. The Labute approximate surface area is 208 Å². The third-order valence-corrected chi connectivity index (χ3v) is 7.46. The van der Waals surface area contributed by atoms with Gasteiger partial charge in [-0.1, -0.05) is 0 Å². The minimum atomic E-state index is -4.49. The van der Waals surface area contributed by atoms with Crippen LogP contribution in [-0.2, 0) is 20.0 Å². The van der Waals surface area contributed by atoms with E-state index in [0.717, 1.165) is 42.5 Å². The molecule has 0 atom stereocenters. The van der Waals surface area contributed by atoms with E-state index in [4.69, 9.17) is 14.2 Å². The van der Waals surface area contributed by atoms with Gasteiger partial charge >= 0.3 is 0 Å². The molecule has 0 unspecified atom stereocenters. The van der Waals surface area contributed by atoms with Crippen LogP contribution in [0.3, 0.4) is 0 Å². The van der Waals surface area contributed by atoms with Crippen molar-refractivity contribution in [2.45, 2.75) is 23.6 Å². The lowest BCUT2D eigenvalue weighted by Gasteiger charge is -2.16. The quantitative estimate of drug-likeness (QED) is 0.369. The molecule has 36 heavy (non-hydrogen) atoms. The topological polar surface area (TPSA) is 120 Å². The zero-order valence-electron chi connectivity index (χ0n) is 19.5. The van der Waals surface area contributed by atoms with Crippen LogP contribution in [0.4, 0.5) is 20.2 Å². The number of halogens is 2. The van der Waals surface area contributed by atoms with E-state index in [2.05, 4.69) is 9.44 Å². The van der Waals surface area contributed by atoms with Crippen LogP contribution in [0.1, 0.15) is 13.8 Å². The molecule has 0 saturated carbocycles. The molecule has 0 fully saturated rings. The van der Waals surface area contributed by atoms with Crippen LogP contribution >= 0.6 is 0 Å². The van der Waals surface area contributed by atoms with E-state index in [9.17, 15) is 25.6 Å². The van der Waals surface area contributed by atoms with Crippen LogP contribution in [0.2, 0.25) is 0 Å². The molecule has 2 N–H and O–H groups in total. The summed E-state index contributed by atoms with van der Waals surface area (Å²) in [5, 5.41) is 0. The molecule has 0 aliphatic rings. The molecule has 194 valence electrons. The van der Waals surface area contributed by atoms with Crippen molar-refractivity contribution in [3.63, 3.8) is 0 Å². The summed E-state index contributed by atoms with van der Waals surface area (Å²) in [6.45, 7) is 3.72. The van der Waals surface area contributed by atoms with Gasteiger partial charge in [-0.25, -0.2) is 25.6 Å². The Morgan fingerprint density at radius 1 is 0.694 bits per heavy atom. The molecule has 0 spiro atoms. The first kappa shape index (κ1) is 27.0. The standard InChI is InChI=1S/C23H24F2N2O7S2/c1-4-33-20-9-6-15(24)12-18(20)26-35(28,29)17-8-11-22(32-3)23(14-17)36(30,31)27-19-13-16(25)7-10-21(19)34-5-2/h6-14,26-27H,4-5H2,1-3H3. The predicted molar refractivity (Wildman–Crippen MR) is 130 cm³/mol. The van der Waals surface area contributed by atoms with Gasteiger partial charge in [-0.05, 0) is 56.3 Å². The van der Waals surface area contributed by atoms with E-state index < -0.39 is 41.5 Å². The number of anilines is 2. The van der Waals surface area contributed by atoms with Gasteiger partial charge in [-0.2, -0.15) is 0 Å². The summed E-state index contributed by atoms with van der Waals surface area (Å²) in [7, 11) is -7.69. The molecule has 0 radical (unpaired) electrons. The summed E-state index contributed by atoms with van der Waals surface area (Å²) in [6.07, 6.45) is 0. The molecular formula is C23H24F2N2O7S2. The van der Waals surface area contributed by atoms with Crippen LogP contribution < -0.4 is 23.7 Å². The first-order valence-corrected chi connectivity index (χ1v) is 13.6. The second-order valence-corrected chi connectivity index (χ2v) is 10.5. The highest BCUT2D eigenvalue weighted by Crippen LogP contribution is 2.33. The fourth-order valence-corrected chi connectivity index (χ4v) is 5.58. The predicted octanol–water partition coefficient (Wildman–Crippen LogP) is 4.37. The fraction of sp³-hybridized carbons (Fsp3) is 0.217. The van der Waals surface area contributed by atoms with Crippen LogP contribution in [0, 0.1) is 11.6 Å². The molecule has 0 aliphatic carbocycles. The van der Waals surface area contributed by atoms with E-state index in [0.29, 0.717) is 0 Å². The van der Waals surface area contributed by atoms with Gasteiger partial charge in [0.05, 0.1) is 36.6 Å². The molecule has 3 aromatic rings. The van der Waals surface area contributed by atoms with Crippen LogP contribution in [0.25, 0.3) is 0 Å². The fourth-order valence-electron chi connectivity index (χ4n) is 3.16. The van der Waals surface area contributed by atoms with E-state index in [1.54, 1.807) is 13.8 Å². The number of rotatable bonds is 11. The number of nitrogens with one attached hydrogen (secondary N) is 2. The van der Waals surface area contributed by atoms with Gasteiger partial charge in [0.25, 0.3) is 20.0 Å². The van der Waals surface area contributed by atoms with Crippen LogP contribution in [-0.4, -0.2) is 37.2 Å². The lowest BCUT2D eigenvalue weighted by Crippen LogP contribution is -2.18. The SMILES string of the molecule is CCOc1ccc(F)cc1NS(=O)(=O)c1ccc(OC)c(S(=O)(=O)Nc2cc(F)ccc2OCC)c1. The van der Waals surface area contributed by atoms with Crippen molar-refractivity contribution in [1.82, 2.24) is 0 Å². The van der Waals surface area contributed by atoms with Crippen molar-refractivity contribution in [2.24, 2.45) is 0 Å². The Morgan fingerprint density at radius 2 is 1.17 bits per heavy atom. The zero-order valence-corrected chi connectivity index (χ0v) is 21.2. The lowest BCUT2D eigenvalue weighted by atomic mass is 10.3. The summed E-state index contributed by atoms with van der Waals surface area (Å²) >= 11 is 0. The molecule has 0 heterocycles. The molecule has 0 aromatic heterocycles. The Kier molecular flexibility index (Phi) is 8.25. The van der Waals surface area contributed by atoms with E-state index in [1.165, 1.54) is 19.2 Å². The first-order valence-electron chi connectivity index (χ1n) is 10.6. The zero-order chi connectivity index (χ0) is 26.5. The Bertz CT molecular complexity index is 1460. The highest BCUT2D eigenvalue weighted by atomic mass is 32.2. The first-order chi connectivity index (χ1) is 17.0. The smallest absolute Gasteiger partial charge is 0.265 e. The van der Waals surface area contributed by atoms with Gasteiger partial charge in [-0.3, -0.25) is 9.44 Å². The average Bonchev–Trinajstić information content (AvgIpc) is 2.82. The molecule has 0 amide bonds. The van der Waals surface area contributed by atoms with E-state index in [1.807, 2.05) is 0 Å². The Balaban J connectivity index is 2.04. The summed E-state index contributed by atoms with van der Waals surface area (Å²) in [4.78, 5) is -0.997. The van der Waals surface area contributed by atoms with Crippen molar-refractivity contribution in [3.05, 3.63) is 66.2 Å².